The number of carbonyl (C=O) groups excluding carboxylic acids is 1. The molecular formula is C20H25FN2O3S. The first-order chi connectivity index (χ1) is 12.8. The molecule has 0 aliphatic heterocycles. The zero-order chi connectivity index (χ0) is 19.9. The fourth-order valence-electron chi connectivity index (χ4n) is 2.88. The monoisotopic (exact) mass is 392 g/mol. The van der Waals surface area contributed by atoms with Crippen molar-refractivity contribution < 1.29 is 17.6 Å². The second kappa shape index (κ2) is 9.50. The molecule has 0 spiro atoms. The molecule has 0 fully saturated rings. The number of rotatable bonds is 9. The molecule has 1 N–H and O–H groups in total. The van der Waals surface area contributed by atoms with Crippen LogP contribution in [0.5, 0.6) is 0 Å². The molecule has 7 heteroatoms. The summed E-state index contributed by atoms with van der Waals surface area (Å²) < 4.78 is 39.0. The van der Waals surface area contributed by atoms with Gasteiger partial charge in [-0.15, -0.1) is 0 Å². The molecule has 0 aromatic heterocycles. The molecule has 0 saturated heterocycles. The van der Waals surface area contributed by atoms with Crippen LogP contribution in [0.15, 0.2) is 54.6 Å². The number of nitrogens with one attached hydrogen (secondary N) is 1. The van der Waals surface area contributed by atoms with Gasteiger partial charge in [-0.3, -0.25) is 9.10 Å². The highest BCUT2D eigenvalue weighted by Gasteiger charge is 2.21. The third-order valence-electron chi connectivity index (χ3n) is 4.23. The lowest BCUT2D eigenvalue weighted by Gasteiger charge is -2.23. The molecule has 1 atom stereocenters. The maximum absolute atomic E-state index is 14.0. The van der Waals surface area contributed by atoms with Crippen molar-refractivity contribution in [2.45, 2.75) is 32.2 Å². The summed E-state index contributed by atoms with van der Waals surface area (Å²) in [6.07, 6.45) is 2.23. The summed E-state index contributed by atoms with van der Waals surface area (Å²) in [6, 6.07) is 15.3. The average Bonchev–Trinajstić information content (AvgIpc) is 2.64. The average molecular weight is 392 g/mol. The summed E-state index contributed by atoms with van der Waals surface area (Å²) in [6.45, 7) is 2.02. The van der Waals surface area contributed by atoms with Crippen LogP contribution in [0.3, 0.4) is 0 Å². The third-order valence-corrected chi connectivity index (χ3v) is 5.41. The molecule has 27 heavy (non-hydrogen) atoms. The van der Waals surface area contributed by atoms with Crippen LogP contribution in [-0.4, -0.2) is 27.1 Å². The van der Waals surface area contributed by atoms with E-state index in [2.05, 4.69) is 5.32 Å². The Morgan fingerprint density at radius 1 is 1.11 bits per heavy atom. The van der Waals surface area contributed by atoms with Gasteiger partial charge in [0.2, 0.25) is 15.9 Å². The summed E-state index contributed by atoms with van der Waals surface area (Å²) in [7, 11) is -3.65. The van der Waals surface area contributed by atoms with Crippen LogP contribution in [0, 0.1) is 5.82 Å². The van der Waals surface area contributed by atoms with Gasteiger partial charge >= 0.3 is 0 Å². The largest absolute Gasteiger partial charge is 0.349 e. The molecule has 146 valence electrons. The van der Waals surface area contributed by atoms with E-state index in [9.17, 15) is 17.6 Å². The minimum absolute atomic E-state index is 0.00358. The first-order valence-corrected chi connectivity index (χ1v) is 10.7. The Morgan fingerprint density at radius 3 is 2.33 bits per heavy atom. The molecule has 1 unspecified atom stereocenters. The standard InChI is InChI=1S/C20H25FN2O3S/c1-3-18(16-10-5-4-6-11-16)22-20(24)14-9-15-23(27(2,25)26)19-13-8-7-12-17(19)21/h4-8,10-13,18H,3,9,14-15H2,1-2H3,(H,22,24). The minimum Gasteiger partial charge on any atom is -0.349 e. The van der Waals surface area contributed by atoms with E-state index in [1.165, 1.54) is 18.2 Å². The quantitative estimate of drug-likeness (QED) is 0.708. The fraction of sp³-hybridized carbons (Fsp3) is 0.350. The Hall–Kier alpha value is -2.41. The van der Waals surface area contributed by atoms with Crippen molar-refractivity contribution in [3.8, 4) is 0 Å². The highest BCUT2D eigenvalue weighted by atomic mass is 32.2. The minimum atomic E-state index is -3.65. The lowest BCUT2D eigenvalue weighted by molar-refractivity contribution is -0.121. The van der Waals surface area contributed by atoms with Crippen molar-refractivity contribution in [3.63, 3.8) is 0 Å². The maximum Gasteiger partial charge on any atom is 0.232 e. The molecule has 0 bridgehead atoms. The Bertz CT molecular complexity index is 857. The maximum atomic E-state index is 14.0. The SMILES string of the molecule is CCC(NC(=O)CCCN(c1ccccc1F)S(C)(=O)=O)c1ccccc1. The van der Waals surface area contributed by atoms with Crippen LogP contribution < -0.4 is 9.62 Å². The van der Waals surface area contributed by atoms with E-state index >= 15 is 0 Å². The Kier molecular flexibility index (Phi) is 7.36. The molecule has 0 saturated carbocycles. The molecule has 1 amide bonds. The normalized spacial score (nSPS) is 12.4. The number of nitrogens with zero attached hydrogens (tertiary/aromatic N) is 1. The van der Waals surface area contributed by atoms with Crippen LogP contribution in [0.2, 0.25) is 0 Å². The van der Waals surface area contributed by atoms with Gasteiger partial charge in [0.25, 0.3) is 0 Å². The highest BCUT2D eigenvalue weighted by molar-refractivity contribution is 7.92. The summed E-state index contributed by atoms with van der Waals surface area (Å²) in [5.74, 6) is -0.768. The fourth-order valence-corrected chi connectivity index (χ4v) is 3.84. The predicted octanol–water partition coefficient (Wildman–Crippen LogP) is 3.64. The van der Waals surface area contributed by atoms with Crippen LogP contribution in [0.4, 0.5) is 10.1 Å². The third kappa shape index (κ3) is 6.06. The second-order valence-electron chi connectivity index (χ2n) is 6.33. The van der Waals surface area contributed by atoms with E-state index in [0.29, 0.717) is 6.42 Å². The van der Waals surface area contributed by atoms with Gasteiger partial charge in [-0.05, 0) is 30.5 Å². The van der Waals surface area contributed by atoms with Gasteiger partial charge in [0.15, 0.2) is 0 Å². The molecular weight excluding hydrogens is 367 g/mol. The van der Waals surface area contributed by atoms with E-state index in [1.807, 2.05) is 37.3 Å². The zero-order valence-corrected chi connectivity index (χ0v) is 16.4. The van der Waals surface area contributed by atoms with Crippen molar-refractivity contribution in [1.29, 1.82) is 0 Å². The number of carbonyl (C=O) groups is 1. The van der Waals surface area contributed by atoms with E-state index in [-0.39, 0.29) is 30.6 Å². The Morgan fingerprint density at radius 2 is 1.74 bits per heavy atom. The molecule has 0 aliphatic carbocycles. The number of benzene rings is 2. The number of hydrogen-bond donors (Lipinski definition) is 1. The van der Waals surface area contributed by atoms with E-state index < -0.39 is 15.8 Å². The van der Waals surface area contributed by atoms with Crippen molar-refractivity contribution >= 4 is 21.6 Å². The lowest BCUT2D eigenvalue weighted by Crippen LogP contribution is -2.33. The van der Waals surface area contributed by atoms with E-state index in [1.54, 1.807) is 6.07 Å². The van der Waals surface area contributed by atoms with Crippen LogP contribution >= 0.6 is 0 Å². The molecule has 2 aromatic rings. The van der Waals surface area contributed by atoms with Crippen molar-refractivity contribution in [2.24, 2.45) is 0 Å². The number of halogens is 1. The van der Waals surface area contributed by atoms with Gasteiger partial charge in [0, 0.05) is 13.0 Å². The number of hydrogen-bond acceptors (Lipinski definition) is 3. The summed E-state index contributed by atoms with van der Waals surface area (Å²) in [4.78, 5) is 12.3. The number of amides is 1. The van der Waals surface area contributed by atoms with Gasteiger partial charge in [-0.2, -0.15) is 0 Å². The van der Waals surface area contributed by atoms with Crippen LogP contribution in [0.1, 0.15) is 37.8 Å². The van der Waals surface area contributed by atoms with E-state index in [4.69, 9.17) is 0 Å². The van der Waals surface area contributed by atoms with E-state index in [0.717, 1.165) is 22.5 Å². The second-order valence-corrected chi connectivity index (χ2v) is 8.24. The molecule has 2 aromatic carbocycles. The molecule has 0 aliphatic rings. The smallest absolute Gasteiger partial charge is 0.232 e. The summed E-state index contributed by atoms with van der Waals surface area (Å²) in [5, 5.41) is 2.97. The van der Waals surface area contributed by atoms with Gasteiger partial charge in [0.1, 0.15) is 5.82 Å². The van der Waals surface area contributed by atoms with Gasteiger partial charge < -0.3 is 5.32 Å². The molecule has 0 radical (unpaired) electrons. The number of anilines is 1. The first kappa shape index (κ1) is 20.9. The highest BCUT2D eigenvalue weighted by Crippen LogP contribution is 2.22. The number of para-hydroxylation sites is 1. The molecule has 0 heterocycles. The van der Waals surface area contributed by atoms with Gasteiger partial charge in [0.05, 0.1) is 18.0 Å². The van der Waals surface area contributed by atoms with Gasteiger partial charge in [-0.1, -0.05) is 49.4 Å². The lowest BCUT2D eigenvalue weighted by atomic mass is 10.0. The predicted molar refractivity (Wildman–Crippen MR) is 105 cm³/mol. The summed E-state index contributed by atoms with van der Waals surface area (Å²) >= 11 is 0. The summed E-state index contributed by atoms with van der Waals surface area (Å²) in [5.41, 5.74) is 1.02. The topological polar surface area (TPSA) is 66.5 Å². The Balaban J connectivity index is 1.96. The van der Waals surface area contributed by atoms with Crippen LogP contribution in [0.25, 0.3) is 0 Å². The van der Waals surface area contributed by atoms with Crippen molar-refractivity contribution in [2.75, 3.05) is 17.1 Å². The molecule has 5 nitrogen and oxygen atoms in total. The van der Waals surface area contributed by atoms with Crippen LogP contribution in [-0.2, 0) is 14.8 Å². The van der Waals surface area contributed by atoms with Crippen molar-refractivity contribution in [1.82, 2.24) is 5.32 Å². The molecule has 2 rings (SSSR count). The van der Waals surface area contributed by atoms with Gasteiger partial charge in [-0.25, -0.2) is 12.8 Å². The van der Waals surface area contributed by atoms with Crippen molar-refractivity contribution in [3.05, 3.63) is 66.0 Å². The number of sulfonamides is 1. The first-order valence-electron chi connectivity index (χ1n) is 8.89. The zero-order valence-electron chi connectivity index (χ0n) is 15.6. The Labute approximate surface area is 160 Å².